The predicted octanol–water partition coefficient (Wildman–Crippen LogP) is 9.05. The average molecular weight is 883 g/mol. The van der Waals surface area contributed by atoms with Gasteiger partial charge in [0.15, 0.2) is 12.4 Å². The molecule has 1 unspecified atom stereocenters. The fourth-order valence-corrected chi connectivity index (χ4v) is 8.04. The van der Waals surface area contributed by atoms with Gasteiger partial charge in [-0.3, -0.25) is 14.4 Å². The highest BCUT2D eigenvalue weighted by molar-refractivity contribution is 5.91. The van der Waals surface area contributed by atoms with Crippen molar-refractivity contribution in [1.29, 1.82) is 0 Å². The van der Waals surface area contributed by atoms with Gasteiger partial charge in [0.05, 0.1) is 32.9 Å². The second-order valence-corrected chi connectivity index (χ2v) is 16.3. The molecule has 0 aliphatic carbocycles. The molecule has 0 saturated heterocycles. The Morgan fingerprint density at radius 3 is 2.15 bits per heavy atom. The molecular formula is C52H62N6O7. The lowest BCUT2D eigenvalue weighted by Gasteiger charge is -2.25. The Balaban J connectivity index is 1.33. The van der Waals surface area contributed by atoms with Gasteiger partial charge in [0, 0.05) is 35.4 Å². The molecule has 13 nitrogen and oxygen atoms in total. The number of unbranched alkanes of at least 4 members (excludes halogenated alkanes) is 1. The number of ketones is 1. The molecule has 13 heteroatoms. The van der Waals surface area contributed by atoms with Crippen LogP contribution in [-0.4, -0.2) is 63.7 Å². The normalized spacial score (nSPS) is 12.3. The number of carbonyl (C=O) groups is 3. The molecule has 0 bridgehead atoms. The summed E-state index contributed by atoms with van der Waals surface area (Å²) >= 11 is 0. The summed E-state index contributed by atoms with van der Waals surface area (Å²) in [5, 5.41) is 6.63. The molecule has 342 valence electrons. The molecule has 5 aromatic carbocycles. The van der Waals surface area contributed by atoms with Gasteiger partial charge in [-0.2, -0.15) is 0 Å². The number of amides is 2. The highest BCUT2D eigenvalue weighted by Crippen LogP contribution is 2.38. The van der Waals surface area contributed by atoms with Crippen LogP contribution in [0.4, 0.5) is 0 Å². The molecule has 5 aromatic rings. The van der Waals surface area contributed by atoms with Crippen molar-refractivity contribution in [2.24, 2.45) is 16.6 Å². The first-order valence-electron chi connectivity index (χ1n) is 22.2. The average Bonchev–Trinajstić information content (AvgIpc) is 3.30. The number of Topliss-reactive ketones (excluding diaryl/α,β-unsaturated/α-hetero) is 1. The van der Waals surface area contributed by atoms with E-state index in [9.17, 15) is 14.4 Å². The zero-order chi connectivity index (χ0) is 46.7. The number of aryl methyl sites for hydroxylation is 4. The van der Waals surface area contributed by atoms with E-state index in [0.717, 1.165) is 64.8 Å². The molecule has 0 spiro atoms. The van der Waals surface area contributed by atoms with Gasteiger partial charge in [0.25, 0.3) is 5.91 Å². The largest absolute Gasteiger partial charge is 0.497 e. The summed E-state index contributed by atoms with van der Waals surface area (Å²) < 4.78 is 22.8. The Kier molecular flexibility index (Phi) is 18.8. The summed E-state index contributed by atoms with van der Waals surface area (Å²) in [5.41, 5.74) is 29.6. The van der Waals surface area contributed by atoms with Crippen LogP contribution in [0, 0.1) is 13.8 Å². The lowest BCUT2D eigenvalue weighted by Crippen LogP contribution is -2.49. The van der Waals surface area contributed by atoms with Gasteiger partial charge >= 0.3 is 0 Å². The molecule has 5 rings (SSSR count). The fraction of sp³-hybridized carbons (Fsp3) is 0.365. The highest BCUT2D eigenvalue weighted by Gasteiger charge is 2.29. The number of carbonyl (C=O) groups excluding carboxylic acids is 3. The van der Waals surface area contributed by atoms with Crippen molar-refractivity contribution < 1.29 is 33.3 Å². The molecule has 0 aromatic heterocycles. The van der Waals surface area contributed by atoms with Gasteiger partial charge < -0.3 is 35.7 Å². The Hall–Kier alpha value is -6.82. The first-order chi connectivity index (χ1) is 31.4. The Morgan fingerprint density at radius 1 is 0.785 bits per heavy atom. The number of hydrogen-bond donors (Lipinski definition) is 3. The number of nitrogens with two attached hydrogens (primary N) is 2. The second kappa shape index (κ2) is 24.9. The minimum absolute atomic E-state index is 0.0428. The topological polar surface area (TPSA) is 201 Å². The zero-order valence-electron chi connectivity index (χ0n) is 38.2. The molecule has 0 radical (unpaired) electrons. The van der Waals surface area contributed by atoms with Gasteiger partial charge in [-0.1, -0.05) is 89.9 Å². The lowest BCUT2D eigenvalue weighted by atomic mass is 9.84. The SMILES string of the molecule is CCc1cc(OCCCCN=[N+]=[N-])ccc1-c1ccc(C[C@H](N)C(=O)N[C@@H](CCCc2cc(C)cc(C)c2)C(=O)CC(c2ccc(OCC(N)=O)cc2)c2ccc(OC)cc2OC)cc1. The quantitative estimate of drug-likeness (QED) is 0.0211. The standard InChI is InChI=1S/C52H62N6O7/c1-6-38-30-43(64-25-8-7-24-56-58-55)21-22-44(38)39-14-12-36(13-15-39)29-47(53)52(61)57-48(11-9-10-37-27-34(2)26-35(3)28-37)49(59)32-46(45-23-20-42(62-4)31-50(45)63-5)40-16-18-41(19-17-40)65-33-51(54)60/h12-23,26-28,30-31,46-48H,6-11,24-25,29,32-33,53H2,1-5H3,(H2,54,60)(H,57,61)/t46?,47-,48-/m0/s1. The summed E-state index contributed by atoms with van der Waals surface area (Å²) in [7, 11) is 3.14. The van der Waals surface area contributed by atoms with E-state index in [1.807, 2.05) is 54.6 Å². The summed E-state index contributed by atoms with van der Waals surface area (Å²) in [5.74, 6) is 0.773. The third kappa shape index (κ3) is 14.9. The zero-order valence-corrected chi connectivity index (χ0v) is 38.2. The maximum Gasteiger partial charge on any atom is 0.255 e. The Morgan fingerprint density at radius 2 is 1.49 bits per heavy atom. The van der Waals surface area contributed by atoms with Crippen molar-refractivity contribution in [3.8, 4) is 34.1 Å². The minimum atomic E-state index is -0.907. The molecule has 5 N–H and O–H groups in total. The van der Waals surface area contributed by atoms with Gasteiger partial charge in [-0.15, -0.1) is 0 Å². The van der Waals surface area contributed by atoms with Crippen LogP contribution >= 0.6 is 0 Å². The van der Waals surface area contributed by atoms with Crippen molar-refractivity contribution in [2.75, 3.05) is 34.0 Å². The van der Waals surface area contributed by atoms with E-state index in [-0.39, 0.29) is 25.2 Å². The van der Waals surface area contributed by atoms with Crippen LogP contribution in [0.15, 0.2) is 108 Å². The molecule has 0 saturated carbocycles. The predicted molar refractivity (Wildman–Crippen MR) is 255 cm³/mol. The Bertz CT molecular complexity index is 2390. The lowest BCUT2D eigenvalue weighted by molar-refractivity contribution is -0.128. The van der Waals surface area contributed by atoms with Crippen LogP contribution in [0.5, 0.6) is 23.0 Å². The number of benzene rings is 5. The molecule has 0 fully saturated rings. The van der Waals surface area contributed by atoms with E-state index in [1.54, 1.807) is 32.4 Å². The van der Waals surface area contributed by atoms with Gasteiger partial charge in [0.2, 0.25) is 5.91 Å². The molecular weight excluding hydrogens is 821 g/mol. The third-order valence-electron chi connectivity index (χ3n) is 11.3. The van der Waals surface area contributed by atoms with E-state index < -0.39 is 29.8 Å². The number of primary amides is 1. The number of nitrogens with one attached hydrogen (secondary N) is 1. The first kappa shape index (κ1) is 49.2. The molecule has 2 amide bonds. The van der Waals surface area contributed by atoms with Gasteiger partial charge in [-0.05, 0) is 128 Å². The van der Waals surface area contributed by atoms with Crippen LogP contribution in [0.3, 0.4) is 0 Å². The molecule has 3 atom stereocenters. The van der Waals surface area contributed by atoms with E-state index in [4.69, 9.17) is 35.9 Å². The van der Waals surface area contributed by atoms with Crippen molar-refractivity contribution in [3.05, 3.63) is 153 Å². The van der Waals surface area contributed by atoms with E-state index >= 15 is 0 Å². The van der Waals surface area contributed by atoms with Crippen molar-refractivity contribution in [1.82, 2.24) is 5.32 Å². The molecule has 0 aliphatic heterocycles. The maximum absolute atomic E-state index is 14.7. The van der Waals surface area contributed by atoms with Crippen LogP contribution in [0.2, 0.25) is 0 Å². The number of nitrogens with zero attached hydrogens (tertiary/aromatic N) is 3. The number of methoxy groups -OCH3 is 2. The van der Waals surface area contributed by atoms with E-state index in [1.165, 1.54) is 16.7 Å². The summed E-state index contributed by atoms with van der Waals surface area (Å²) in [6.45, 7) is 6.98. The maximum atomic E-state index is 14.7. The molecule has 65 heavy (non-hydrogen) atoms. The number of rotatable bonds is 26. The van der Waals surface area contributed by atoms with Crippen molar-refractivity contribution in [3.63, 3.8) is 0 Å². The van der Waals surface area contributed by atoms with Gasteiger partial charge in [-0.25, -0.2) is 0 Å². The third-order valence-corrected chi connectivity index (χ3v) is 11.3. The van der Waals surface area contributed by atoms with Crippen LogP contribution < -0.4 is 35.7 Å². The summed E-state index contributed by atoms with van der Waals surface area (Å²) in [4.78, 5) is 42.8. The highest BCUT2D eigenvalue weighted by atomic mass is 16.5. The first-order valence-corrected chi connectivity index (χ1v) is 22.2. The van der Waals surface area contributed by atoms with Gasteiger partial charge in [0.1, 0.15) is 23.0 Å². The monoisotopic (exact) mass is 882 g/mol. The van der Waals surface area contributed by atoms with Crippen LogP contribution in [-0.2, 0) is 33.6 Å². The number of hydrogen-bond acceptors (Lipinski definition) is 9. The fourth-order valence-electron chi connectivity index (χ4n) is 8.04. The number of azide groups is 1. The molecule has 0 aliphatic rings. The van der Waals surface area contributed by atoms with Crippen molar-refractivity contribution >= 4 is 17.6 Å². The Labute approximate surface area is 382 Å². The smallest absolute Gasteiger partial charge is 0.255 e. The van der Waals surface area contributed by atoms with E-state index in [0.29, 0.717) is 43.2 Å². The second-order valence-electron chi connectivity index (χ2n) is 16.3. The summed E-state index contributed by atoms with van der Waals surface area (Å²) in [6.07, 6.45) is 4.50. The van der Waals surface area contributed by atoms with Crippen LogP contribution in [0.1, 0.15) is 83.9 Å². The number of ether oxygens (including phenoxy) is 4. The van der Waals surface area contributed by atoms with Crippen LogP contribution in [0.25, 0.3) is 21.6 Å². The molecule has 0 heterocycles. The minimum Gasteiger partial charge on any atom is -0.497 e. The van der Waals surface area contributed by atoms with E-state index in [2.05, 4.69) is 66.4 Å². The van der Waals surface area contributed by atoms with Crippen molar-refractivity contribution in [2.45, 2.75) is 90.1 Å². The summed E-state index contributed by atoms with van der Waals surface area (Å²) in [6, 6.07) is 31.5.